The van der Waals surface area contributed by atoms with Gasteiger partial charge in [0.2, 0.25) is 0 Å². The van der Waals surface area contributed by atoms with Gasteiger partial charge in [-0.15, -0.1) is 0 Å². The molecule has 0 aliphatic carbocycles. The molecular formula is C12H19NOS. The number of thioether (sulfide) groups is 1. The third-order valence-electron chi connectivity index (χ3n) is 2.22. The fourth-order valence-corrected chi connectivity index (χ4v) is 1.52. The highest BCUT2D eigenvalue weighted by Gasteiger charge is 1.96. The molecule has 0 aliphatic rings. The molecular weight excluding hydrogens is 206 g/mol. The molecule has 0 spiro atoms. The van der Waals surface area contributed by atoms with Crippen molar-refractivity contribution in [1.29, 1.82) is 0 Å². The fourth-order valence-electron chi connectivity index (χ4n) is 1.17. The molecule has 0 saturated heterocycles. The summed E-state index contributed by atoms with van der Waals surface area (Å²) in [6, 6.07) is 3.85. The van der Waals surface area contributed by atoms with Crippen LogP contribution >= 0.6 is 11.8 Å². The van der Waals surface area contributed by atoms with Crippen molar-refractivity contribution in [3.05, 3.63) is 30.2 Å². The van der Waals surface area contributed by atoms with Gasteiger partial charge in [-0.25, -0.2) is 0 Å². The summed E-state index contributed by atoms with van der Waals surface area (Å²) in [5, 5.41) is 4.11. The summed E-state index contributed by atoms with van der Waals surface area (Å²) in [7, 11) is 0. The molecule has 1 atom stereocenters. The minimum absolute atomic E-state index is 0.742. The smallest absolute Gasteiger partial charge is 0.126 e. The first kappa shape index (κ1) is 12.4. The fraction of sp³-hybridized carbons (Fsp3) is 0.500. The number of rotatable bonds is 7. The first-order chi connectivity index (χ1) is 7.33. The third kappa shape index (κ3) is 5.70. The second-order valence-corrected chi connectivity index (χ2v) is 4.73. The maximum Gasteiger partial charge on any atom is 0.126 e. The van der Waals surface area contributed by atoms with Gasteiger partial charge in [0.1, 0.15) is 5.76 Å². The number of hydrogen-bond acceptors (Lipinski definition) is 3. The second-order valence-electron chi connectivity index (χ2n) is 3.46. The highest BCUT2D eigenvalue weighted by molar-refractivity contribution is 7.99. The Morgan fingerprint density at radius 1 is 1.60 bits per heavy atom. The van der Waals surface area contributed by atoms with Crippen molar-refractivity contribution in [3.8, 4) is 0 Å². The molecule has 1 unspecified atom stereocenters. The molecule has 15 heavy (non-hydrogen) atoms. The van der Waals surface area contributed by atoms with E-state index < -0.39 is 0 Å². The molecule has 2 nitrogen and oxygen atoms in total. The van der Waals surface area contributed by atoms with Crippen molar-refractivity contribution in [2.45, 2.75) is 18.6 Å². The van der Waals surface area contributed by atoms with Crippen LogP contribution in [0.2, 0.25) is 0 Å². The topological polar surface area (TPSA) is 25.2 Å². The SMILES string of the molecule is CSC(C)CCNC/C=C/c1ccco1. The molecule has 0 fully saturated rings. The van der Waals surface area contributed by atoms with Crippen molar-refractivity contribution >= 4 is 17.8 Å². The van der Waals surface area contributed by atoms with E-state index in [0.717, 1.165) is 24.1 Å². The van der Waals surface area contributed by atoms with Crippen LogP contribution in [0.1, 0.15) is 19.1 Å². The zero-order valence-electron chi connectivity index (χ0n) is 9.40. The standard InChI is InChI=1S/C12H19NOS/c1-11(15-2)7-9-13-8-3-5-12-6-4-10-14-12/h3-6,10-11,13H,7-9H2,1-2H3/b5-3+. The van der Waals surface area contributed by atoms with Gasteiger partial charge in [-0.1, -0.05) is 13.0 Å². The Labute approximate surface area is 96.1 Å². The Kier molecular flexibility index (Phi) is 6.28. The van der Waals surface area contributed by atoms with Crippen LogP contribution in [-0.2, 0) is 0 Å². The number of hydrogen-bond donors (Lipinski definition) is 1. The Bertz CT molecular complexity index is 269. The number of nitrogens with one attached hydrogen (secondary N) is 1. The summed E-state index contributed by atoms with van der Waals surface area (Å²) in [5.74, 6) is 0.911. The predicted molar refractivity (Wildman–Crippen MR) is 68.2 cm³/mol. The summed E-state index contributed by atoms with van der Waals surface area (Å²) in [4.78, 5) is 0. The predicted octanol–water partition coefficient (Wildman–Crippen LogP) is 3.02. The van der Waals surface area contributed by atoms with Gasteiger partial charge >= 0.3 is 0 Å². The normalized spacial score (nSPS) is 13.5. The van der Waals surface area contributed by atoms with E-state index in [4.69, 9.17) is 4.42 Å². The quantitative estimate of drug-likeness (QED) is 0.722. The average molecular weight is 225 g/mol. The van der Waals surface area contributed by atoms with Crippen LogP contribution in [0.4, 0.5) is 0 Å². The molecule has 0 saturated carbocycles. The lowest BCUT2D eigenvalue weighted by atomic mass is 10.3. The van der Waals surface area contributed by atoms with Crippen LogP contribution in [0.15, 0.2) is 28.9 Å². The molecule has 1 N–H and O–H groups in total. The molecule has 1 rings (SSSR count). The average Bonchev–Trinajstić information content (AvgIpc) is 2.75. The first-order valence-electron chi connectivity index (χ1n) is 5.26. The summed E-state index contributed by atoms with van der Waals surface area (Å²) >= 11 is 1.91. The summed E-state index contributed by atoms with van der Waals surface area (Å²) < 4.78 is 5.18. The van der Waals surface area contributed by atoms with Crippen molar-refractivity contribution in [1.82, 2.24) is 5.32 Å². The summed E-state index contributed by atoms with van der Waals surface area (Å²) in [6.45, 7) is 4.23. The molecule has 1 heterocycles. The minimum atomic E-state index is 0.742. The van der Waals surface area contributed by atoms with E-state index in [1.807, 2.05) is 30.0 Å². The lowest BCUT2D eigenvalue weighted by molar-refractivity contribution is 0.556. The van der Waals surface area contributed by atoms with Gasteiger partial charge in [-0.05, 0) is 37.4 Å². The molecule has 0 amide bonds. The Balaban J connectivity index is 2.02. The van der Waals surface area contributed by atoms with E-state index in [1.165, 1.54) is 6.42 Å². The monoisotopic (exact) mass is 225 g/mol. The van der Waals surface area contributed by atoms with Crippen LogP contribution in [0.5, 0.6) is 0 Å². The largest absolute Gasteiger partial charge is 0.465 e. The molecule has 0 bridgehead atoms. The maximum absolute atomic E-state index is 5.18. The van der Waals surface area contributed by atoms with Crippen molar-refractivity contribution < 1.29 is 4.42 Å². The van der Waals surface area contributed by atoms with Gasteiger partial charge in [0.05, 0.1) is 6.26 Å². The van der Waals surface area contributed by atoms with Crippen molar-refractivity contribution in [2.75, 3.05) is 19.3 Å². The minimum Gasteiger partial charge on any atom is -0.465 e. The summed E-state index contributed by atoms with van der Waals surface area (Å²) in [5.41, 5.74) is 0. The Hall–Kier alpha value is -0.670. The lowest BCUT2D eigenvalue weighted by Gasteiger charge is -2.07. The number of furan rings is 1. The molecule has 1 aromatic heterocycles. The second kappa shape index (κ2) is 7.60. The van der Waals surface area contributed by atoms with Gasteiger partial charge in [0.15, 0.2) is 0 Å². The van der Waals surface area contributed by atoms with Gasteiger partial charge in [0, 0.05) is 11.8 Å². The zero-order valence-corrected chi connectivity index (χ0v) is 10.2. The molecule has 0 radical (unpaired) electrons. The molecule has 1 aromatic rings. The van der Waals surface area contributed by atoms with E-state index in [-0.39, 0.29) is 0 Å². The van der Waals surface area contributed by atoms with Gasteiger partial charge in [-0.3, -0.25) is 0 Å². The van der Waals surface area contributed by atoms with Gasteiger partial charge in [0.25, 0.3) is 0 Å². The van der Waals surface area contributed by atoms with Crippen LogP contribution in [0, 0.1) is 0 Å². The first-order valence-corrected chi connectivity index (χ1v) is 6.55. The third-order valence-corrected chi connectivity index (χ3v) is 3.26. The lowest BCUT2D eigenvalue weighted by Crippen LogP contribution is -2.17. The highest BCUT2D eigenvalue weighted by atomic mass is 32.2. The van der Waals surface area contributed by atoms with Crippen LogP contribution in [0.3, 0.4) is 0 Å². The van der Waals surface area contributed by atoms with Crippen LogP contribution < -0.4 is 5.32 Å². The Morgan fingerprint density at radius 2 is 2.47 bits per heavy atom. The van der Waals surface area contributed by atoms with E-state index in [1.54, 1.807) is 6.26 Å². The van der Waals surface area contributed by atoms with Crippen molar-refractivity contribution in [3.63, 3.8) is 0 Å². The maximum atomic E-state index is 5.18. The molecule has 0 aliphatic heterocycles. The molecule has 84 valence electrons. The molecule has 3 heteroatoms. The van der Waals surface area contributed by atoms with Crippen LogP contribution in [-0.4, -0.2) is 24.6 Å². The van der Waals surface area contributed by atoms with E-state index in [0.29, 0.717) is 0 Å². The molecule has 0 aromatic carbocycles. The van der Waals surface area contributed by atoms with Crippen molar-refractivity contribution in [2.24, 2.45) is 0 Å². The van der Waals surface area contributed by atoms with Gasteiger partial charge in [-0.2, -0.15) is 11.8 Å². The highest BCUT2D eigenvalue weighted by Crippen LogP contribution is 2.07. The van der Waals surface area contributed by atoms with E-state index in [2.05, 4.69) is 24.6 Å². The van der Waals surface area contributed by atoms with Gasteiger partial charge < -0.3 is 9.73 Å². The van der Waals surface area contributed by atoms with E-state index >= 15 is 0 Å². The Morgan fingerprint density at radius 3 is 3.13 bits per heavy atom. The summed E-state index contributed by atoms with van der Waals surface area (Å²) in [6.07, 6.45) is 9.14. The van der Waals surface area contributed by atoms with Crippen LogP contribution in [0.25, 0.3) is 6.08 Å². The van der Waals surface area contributed by atoms with E-state index in [9.17, 15) is 0 Å². The zero-order chi connectivity index (χ0) is 10.9.